The van der Waals surface area contributed by atoms with Gasteiger partial charge in [0.1, 0.15) is 11.5 Å². The van der Waals surface area contributed by atoms with Gasteiger partial charge in [0.2, 0.25) is 0 Å². The van der Waals surface area contributed by atoms with Crippen molar-refractivity contribution in [2.75, 3.05) is 0 Å². The Labute approximate surface area is 89.6 Å². The molecular formula is C13H13NO. The number of fused-ring (bicyclic) bond motifs is 1. The summed E-state index contributed by atoms with van der Waals surface area (Å²) >= 11 is 0. The van der Waals surface area contributed by atoms with E-state index in [0.717, 1.165) is 29.9 Å². The second kappa shape index (κ2) is 4.13. The van der Waals surface area contributed by atoms with Crippen LogP contribution in [0.3, 0.4) is 0 Å². The van der Waals surface area contributed by atoms with E-state index in [0.29, 0.717) is 0 Å². The highest BCUT2D eigenvalue weighted by Crippen LogP contribution is 2.28. The lowest BCUT2D eigenvalue weighted by atomic mass is 10.1. The molecule has 2 heterocycles. The fourth-order valence-electron chi connectivity index (χ4n) is 1.66. The van der Waals surface area contributed by atoms with Crippen LogP contribution in [0.1, 0.15) is 12.0 Å². The summed E-state index contributed by atoms with van der Waals surface area (Å²) in [5.41, 5.74) is 2.28. The number of aromatic nitrogens is 1. The number of hydrogen-bond acceptors (Lipinski definition) is 2. The molecule has 0 unspecified atom stereocenters. The molecule has 0 bridgehead atoms. The lowest BCUT2D eigenvalue weighted by Crippen LogP contribution is -1.94. The lowest BCUT2D eigenvalue weighted by molar-refractivity contribution is 0.438. The van der Waals surface area contributed by atoms with Crippen LogP contribution >= 0.6 is 0 Å². The monoisotopic (exact) mass is 199 g/mol. The van der Waals surface area contributed by atoms with E-state index in [9.17, 15) is 0 Å². The highest BCUT2D eigenvalue weighted by molar-refractivity contribution is 5.39. The summed E-state index contributed by atoms with van der Waals surface area (Å²) in [6.07, 6.45) is 8.97. The van der Waals surface area contributed by atoms with Crippen LogP contribution in [0.2, 0.25) is 0 Å². The Balaban J connectivity index is 2.43. The van der Waals surface area contributed by atoms with Crippen molar-refractivity contribution in [3.8, 4) is 5.75 Å². The summed E-state index contributed by atoms with van der Waals surface area (Å²) in [6, 6.07) is 1.99. The zero-order chi connectivity index (χ0) is 10.7. The normalized spacial score (nSPS) is 14.9. The van der Waals surface area contributed by atoms with Crippen LogP contribution < -0.4 is 4.74 Å². The molecule has 1 aromatic rings. The Morgan fingerprint density at radius 3 is 2.87 bits per heavy atom. The molecule has 0 aliphatic carbocycles. The standard InChI is InChI=1S/C13H13NO/c1-3-10-5-6-11-7-8-14-9-13(11)15-12(10)4-2/h3-4,7-9H,1-2,5-6H2. The maximum Gasteiger partial charge on any atom is 0.148 e. The third-order valence-corrected chi connectivity index (χ3v) is 2.50. The third-order valence-electron chi connectivity index (χ3n) is 2.50. The van der Waals surface area contributed by atoms with Crippen molar-refractivity contribution in [1.82, 2.24) is 4.98 Å². The lowest BCUT2D eigenvalue weighted by Gasteiger charge is -2.07. The first-order valence-electron chi connectivity index (χ1n) is 4.94. The van der Waals surface area contributed by atoms with Gasteiger partial charge in [-0.1, -0.05) is 19.2 Å². The molecule has 2 nitrogen and oxygen atoms in total. The van der Waals surface area contributed by atoms with Gasteiger partial charge in [0, 0.05) is 6.20 Å². The average molecular weight is 199 g/mol. The molecule has 0 radical (unpaired) electrons. The van der Waals surface area contributed by atoms with Crippen LogP contribution in [-0.2, 0) is 6.42 Å². The highest BCUT2D eigenvalue weighted by atomic mass is 16.5. The SMILES string of the molecule is C=CC1=C(C=C)Oc2cnccc2CC1. The van der Waals surface area contributed by atoms with E-state index >= 15 is 0 Å². The van der Waals surface area contributed by atoms with E-state index in [4.69, 9.17) is 4.74 Å². The zero-order valence-corrected chi connectivity index (χ0v) is 8.57. The van der Waals surface area contributed by atoms with Gasteiger partial charge in [-0.3, -0.25) is 4.98 Å². The summed E-state index contributed by atoms with van der Waals surface area (Å²) < 4.78 is 5.74. The molecule has 2 rings (SSSR count). The van der Waals surface area contributed by atoms with Crippen LogP contribution in [0.4, 0.5) is 0 Å². The van der Waals surface area contributed by atoms with Crippen molar-refractivity contribution in [3.63, 3.8) is 0 Å². The molecule has 76 valence electrons. The van der Waals surface area contributed by atoms with Gasteiger partial charge in [-0.15, -0.1) is 0 Å². The first-order valence-corrected chi connectivity index (χ1v) is 4.94. The molecule has 0 spiro atoms. The minimum absolute atomic E-state index is 0.789. The molecule has 0 saturated heterocycles. The second-order valence-corrected chi connectivity index (χ2v) is 3.38. The molecule has 1 aliphatic heterocycles. The van der Waals surface area contributed by atoms with Gasteiger partial charge in [-0.25, -0.2) is 0 Å². The highest BCUT2D eigenvalue weighted by Gasteiger charge is 2.13. The van der Waals surface area contributed by atoms with Gasteiger partial charge >= 0.3 is 0 Å². The molecule has 0 atom stereocenters. The van der Waals surface area contributed by atoms with Crippen LogP contribution in [0.25, 0.3) is 0 Å². The second-order valence-electron chi connectivity index (χ2n) is 3.38. The molecule has 0 N–H and O–H groups in total. The molecule has 2 heteroatoms. The predicted molar refractivity (Wildman–Crippen MR) is 60.6 cm³/mol. The first kappa shape index (κ1) is 9.71. The van der Waals surface area contributed by atoms with Crippen molar-refractivity contribution >= 4 is 0 Å². The summed E-state index contributed by atoms with van der Waals surface area (Å²) in [4.78, 5) is 4.05. The smallest absolute Gasteiger partial charge is 0.148 e. The molecule has 0 amide bonds. The first-order chi connectivity index (χ1) is 7.35. The van der Waals surface area contributed by atoms with E-state index in [1.807, 2.05) is 12.1 Å². The molecule has 1 aromatic heterocycles. The van der Waals surface area contributed by atoms with Crippen molar-refractivity contribution in [1.29, 1.82) is 0 Å². The molecule has 1 aliphatic rings. The number of hydrogen-bond donors (Lipinski definition) is 0. The Morgan fingerprint density at radius 1 is 1.27 bits per heavy atom. The van der Waals surface area contributed by atoms with Crippen LogP contribution in [-0.4, -0.2) is 4.98 Å². The van der Waals surface area contributed by atoms with Crippen molar-refractivity contribution in [2.45, 2.75) is 12.8 Å². The fourth-order valence-corrected chi connectivity index (χ4v) is 1.66. The van der Waals surface area contributed by atoms with Crippen molar-refractivity contribution in [3.05, 3.63) is 60.7 Å². The Morgan fingerprint density at radius 2 is 2.13 bits per heavy atom. The maximum atomic E-state index is 5.74. The van der Waals surface area contributed by atoms with E-state index in [-0.39, 0.29) is 0 Å². The number of nitrogens with zero attached hydrogens (tertiary/aromatic N) is 1. The molecule has 0 aromatic carbocycles. The molecule has 0 saturated carbocycles. The summed E-state index contributed by atoms with van der Waals surface area (Å²) in [5.74, 6) is 1.61. The number of allylic oxidation sites excluding steroid dienone is 3. The number of pyridine rings is 1. The molecule has 15 heavy (non-hydrogen) atoms. The van der Waals surface area contributed by atoms with Crippen LogP contribution in [0.5, 0.6) is 5.75 Å². The Hall–Kier alpha value is -1.83. The van der Waals surface area contributed by atoms with Gasteiger partial charge < -0.3 is 4.74 Å². The molecular weight excluding hydrogens is 186 g/mol. The number of aryl methyl sites for hydroxylation is 1. The molecule has 0 fully saturated rings. The summed E-state index contributed by atoms with van der Waals surface area (Å²) in [5, 5.41) is 0. The summed E-state index contributed by atoms with van der Waals surface area (Å²) in [6.45, 7) is 7.53. The van der Waals surface area contributed by atoms with E-state index in [2.05, 4.69) is 18.1 Å². The van der Waals surface area contributed by atoms with Gasteiger partial charge in [0.15, 0.2) is 0 Å². The quantitative estimate of drug-likeness (QED) is 0.730. The zero-order valence-electron chi connectivity index (χ0n) is 8.57. The van der Waals surface area contributed by atoms with Gasteiger partial charge in [0.05, 0.1) is 6.20 Å². The van der Waals surface area contributed by atoms with E-state index in [1.54, 1.807) is 18.5 Å². The topological polar surface area (TPSA) is 22.1 Å². The minimum Gasteiger partial charge on any atom is -0.455 e. The van der Waals surface area contributed by atoms with Gasteiger partial charge in [-0.05, 0) is 36.1 Å². The van der Waals surface area contributed by atoms with Crippen molar-refractivity contribution in [2.24, 2.45) is 0 Å². The number of ether oxygens (including phenoxy) is 1. The van der Waals surface area contributed by atoms with Crippen LogP contribution in [0.15, 0.2) is 55.1 Å². The van der Waals surface area contributed by atoms with E-state index in [1.165, 1.54) is 5.56 Å². The summed E-state index contributed by atoms with van der Waals surface area (Å²) in [7, 11) is 0. The Kier molecular flexibility index (Phi) is 2.68. The van der Waals surface area contributed by atoms with Gasteiger partial charge in [-0.2, -0.15) is 0 Å². The maximum absolute atomic E-state index is 5.74. The number of rotatable bonds is 2. The van der Waals surface area contributed by atoms with Crippen LogP contribution in [0, 0.1) is 0 Å². The average Bonchev–Trinajstić information content (AvgIpc) is 2.47. The Bertz CT molecular complexity index is 432. The minimum atomic E-state index is 0.789. The van der Waals surface area contributed by atoms with Crippen molar-refractivity contribution < 1.29 is 4.74 Å². The fraction of sp³-hybridized carbons (Fsp3) is 0.154. The predicted octanol–water partition coefficient (Wildman–Crippen LogP) is 3.03. The van der Waals surface area contributed by atoms with Gasteiger partial charge in [0.25, 0.3) is 0 Å². The van der Waals surface area contributed by atoms with E-state index < -0.39 is 0 Å². The largest absolute Gasteiger partial charge is 0.455 e. The third kappa shape index (κ3) is 1.84.